The van der Waals surface area contributed by atoms with Gasteiger partial charge in [-0.15, -0.1) is 11.3 Å². The van der Waals surface area contributed by atoms with Crippen molar-refractivity contribution in [3.8, 4) is 0 Å². The largest absolute Gasteiger partial charge is 0.357 e. The molecular formula is C17H26N4S2. The molecule has 4 nitrogen and oxygen atoms in total. The van der Waals surface area contributed by atoms with Crippen LogP contribution in [0.25, 0.3) is 0 Å². The van der Waals surface area contributed by atoms with E-state index in [0.29, 0.717) is 5.92 Å². The van der Waals surface area contributed by atoms with E-state index in [1.165, 1.54) is 15.4 Å². The first-order valence-electron chi connectivity index (χ1n) is 8.20. The number of rotatable bonds is 8. The SMILES string of the molecule is CCNC(=NCC(C)c1ccsc1)NCCc1ncc(CC)s1. The van der Waals surface area contributed by atoms with Gasteiger partial charge in [0.15, 0.2) is 5.96 Å². The minimum Gasteiger partial charge on any atom is -0.357 e. The van der Waals surface area contributed by atoms with Gasteiger partial charge in [0.25, 0.3) is 0 Å². The lowest BCUT2D eigenvalue weighted by molar-refractivity contribution is 0.747. The van der Waals surface area contributed by atoms with Gasteiger partial charge in [0.1, 0.15) is 0 Å². The van der Waals surface area contributed by atoms with Crippen molar-refractivity contribution in [3.63, 3.8) is 0 Å². The molecule has 6 heteroatoms. The summed E-state index contributed by atoms with van der Waals surface area (Å²) in [6, 6.07) is 2.18. The number of thiazole rings is 1. The van der Waals surface area contributed by atoms with E-state index < -0.39 is 0 Å². The lowest BCUT2D eigenvalue weighted by Gasteiger charge is -2.12. The summed E-state index contributed by atoms with van der Waals surface area (Å²) in [4.78, 5) is 10.5. The molecule has 0 spiro atoms. The van der Waals surface area contributed by atoms with Crippen molar-refractivity contribution < 1.29 is 0 Å². The van der Waals surface area contributed by atoms with E-state index in [9.17, 15) is 0 Å². The van der Waals surface area contributed by atoms with E-state index in [2.05, 4.69) is 53.2 Å². The van der Waals surface area contributed by atoms with Gasteiger partial charge in [0.05, 0.1) is 5.01 Å². The minimum absolute atomic E-state index is 0.447. The molecule has 0 radical (unpaired) electrons. The highest BCUT2D eigenvalue weighted by Gasteiger charge is 2.06. The molecule has 0 aliphatic carbocycles. The van der Waals surface area contributed by atoms with Crippen molar-refractivity contribution in [3.05, 3.63) is 38.5 Å². The summed E-state index contributed by atoms with van der Waals surface area (Å²) in [5.41, 5.74) is 1.37. The molecule has 23 heavy (non-hydrogen) atoms. The van der Waals surface area contributed by atoms with Crippen molar-refractivity contribution >= 4 is 28.6 Å². The second kappa shape index (κ2) is 9.67. The molecular weight excluding hydrogens is 324 g/mol. The monoisotopic (exact) mass is 350 g/mol. The van der Waals surface area contributed by atoms with Gasteiger partial charge in [-0.05, 0) is 35.7 Å². The Labute approximate surface area is 147 Å². The summed E-state index contributed by atoms with van der Waals surface area (Å²) in [5, 5.41) is 12.2. The number of nitrogens with one attached hydrogen (secondary N) is 2. The van der Waals surface area contributed by atoms with Crippen molar-refractivity contribution in [2.24, 2.45) is 4.99 Å². The molecule has 0 aromatic carbocycles. The van der Waals surface area contributed by atoms with Gasteiger partial charge in [0, 0.05) is 43.0 Å². The maximum Gasteiger partial charge on any atom is 0.191 e. The Morgan fingerprint density at radius 1 is 1.35 bits per heavy atom. The van der Waals surface area contributed by atoms with Crippen LogP contribution in [-0.2, 0) is 12.8 Å². The van der Waals surface area contributed by atoms with E-state index in [0.717, 1.165) is 38.4 Å². The molecule has 0 saturated heterocycles. The number of aliphatic imine (C=N–C) groups is 1. The molecule has 0 aliphatic heterocycles. The lowest BCUT2D eigenvalue weighted by Crippen LogP contribution is -2.38. The number of thiophene rings is 1. The Morgan fingerprint density at radius 3 is 2.87 bits per heavy atom. The van der Waals surface area contributed by atoms with Crippen LogP contribution in [0.3, 0.4) is 0 Å². The zero-order valence-corrected chi connectivity index (χ0v) is 15.8. The number of guanidine groups is 1. The number of hydrogen-bond acceptors (Lipinski definition) is 4. The van der Waals surface area contributed by atoms with E-state index >= 15 is 0 Å². The fourth-order valence-corrected chi connectivity index (χ4v) is 3.79. The summed E-state index contributed by atoms with van der Waals surface area (Å²) in [6.07, 6.45) is 3.99. The van der Waals surface area contributed by atoms with Crippen LogP contribution in [0.1, 0.15) is 42.1 Å². The maximum absolute atomic E-state index is 4.70. The Bertz CT molecular complexity index is 590. The van der Waals surface area contributed by atoms with E-state index in [-0.39, 0.29) is 0 Å². The van der Waals surface area contributed by atoms with Crippen LogP contribution in [0.15, 0.2) is 28.0 Å². The molecule has 0 saturated carbocycles. The number of nitrogens with zero attached hydrogens (tertiary/aromatic N) is 2. The summed E-state index contributed by atoms with van der Waals surface area (Å²) >= 11 is 3.55. The van der Waals surface area contributed by atoms with Crippen LogP contribution in [0, 0.1) is 0 Å². The highest BCUT2D eigenvalue weighted by atomic mass is 32.1. The topological polar surface area (TPSA) is 49.3 Å². The molecule has 2 rings (SSSR count). The molecule has 0 amide bonds. The summed E-state index contributed by atoms with van der Waals surface area (Å²) < 4.78 is 0. The van der Waals surface area contributed by atoms with E-state index in [1.54, 1.807) is 22.7 Å². The second-order valence-electron chi connectivity index (χ2n) is 5.43. The molecule has 0 fully saturated rings. The average molecular weight is 351 g/mol. The standard InChI is InChI=1S/C17H26N4S2/c1-4-15-11-20-16(23-15)6-8-19-17(18-5-2)21-10-13(3)14-7-9-22-12-14/h7,9,11-13H,4-6,8,10H2,1-3H3,(H2,18,19,21). The smallest absolute Gasteiger partial charge is 0.191 e. The van der Waals surface area contributed by atoms with Crippen LogP contribution in [-0.4, -0.2) is 30.6 Å². The van der Waals surface area contributed by atoms with Gasteiger partial charge >= 0.3 is 0 Å². The van der Waals surface area contributed by atoms with E-state index in [1.807, 2.05) is 6.20 Å². The Hall–Kier alpha value is -1.40. The van der Waals surface area contributed by atoms with Gasteiger partial charge in [-0.1, -0.05) is 13.8 Å². The van der Waals surface area contributed by atoms with Crippen LogP contribution < -0.4 is 10.6 Å². The van der Waals surface area contributed by atoms with Gasteiger partial charge in [-0.2, -0.15) is 11.3 Å². The molecule has 2 aromatic rings. The quantitative estimate of drug-likeness (QED) is 0.564. The third kappa shape index (κ3) is 5.95. The first-order valence-corrected chi connectivity index (χ1v) is 9.96. The van der Waals surface area contributed by atoms with Crippen LogP contribution >= 0.6 is 22.7 Å². The fraction of sp³-hybridized carbons (Fsp3) is 0.529. The predicted molar refractivity (Wildman–Crippen MR) is 102 cm³/mol. The summed E-state index contributed by atoms with van der Waals surface area (Å²) in [6.45, 7) is 9.00. The fourth-order valence-electron chi connectivity index (χ4n) is 2.15. The van der Waals surface area contributed by atoms with Crippen molar-refractivity contribution in [1.29, 1.82) is 0 Å². The number of hydrogen-bond donors (Lipinski definition) is 2. The number of aromatic nitrogens is 1. The van der Waals surface area contributed by atoms with Crippen molar-refractivity contribution in [2.45, 2.75) is 39.5 Å². The molecule has 0 aliphatic rings. The Kier molecular flexibility index (Phi) is 7.55. The third-order valence-electron chi connectivity index (χ3n) is 3.56. The van der Waals surface area contributed by atoms with Gasteiger partial charge in [-0.3, -0.25) is 4.99 Å². The average Bonchev–Trinajstić information content (AvgIpc) is 3.23. The first-order chi connectivity index (χ1) is 11.2. The van der Waals surface area contributed by atoms with Gasteiger partial charge < -0.3 is 10.6 Å². The molecule has 2 heterocycles. The van der Waals surface area contributed by atoms with Gasteiger partial charge in [-0.25, -0.2) is 4.98 Å². The summed E-state index contributed by atoms with van der Waals surface area (Å²) in [7, 11) is 0. The summed E-state index contributed by atoms with van der Waals surface area (Å²) in [5.74, 6) is 1.34. The Balaban J connectivity index is 1.81. The maximum atomic E-state index is 4.70. The van der Waals surface area contributed by atoms with Crippen LogP contribution in [0.4, 0.5) is 0 Å². The van der Waals surface area contributed by atoms with Crippen molar-refractivity contribution in [1.82, 2.24) is 15.6 Å². The van der Waals surface area contributed by atoms with Crippen LogP contribution in [0.5, 0.6) is 0 Å². The third-order valence-corrected chi connectivity index (χ3v) is 5.46. The lowest BCUT2D eigenvalue weighted by atomic mass is 10.1. The Morgan fingerprint density at radius 2 is 2.22 bits per heavy atom. The minimum atomic E-state index is 0.447. The zero-order chi connectivity index (χ0) is 16.5. The first kappa shape index (κ1) is 17.9. The predicted octanol–water partition coefficient (Wildman–Crippen LogP) is 3.67. The van der Waals surface area contributed by atoms with E-state index in [4.69, 9.17) is 4.99 Å². The van der Waals surface area contributed by atoms with Crippen LogP contribution in [0.2, 0.25) is 0 Å². The molecule has 0 bridgehead atoms. The second-order valence-corrected chi connectivity index (χ2v) is 7.41. The molecule has 2 N–H and O–H groups in total. The van der Waals surface area contributed by atoms with Gasteiger partial charge in [0.2, 0.25) is 0 Å². The highest BCUT2D eigenvalue weighted by Crippen LogP contribution is 2.18. The zero-order valence-electron chi connectivity index (χ0n) is 14.1. The molecule has 1 atom stereocenters. The highest BCUT2D eigenvalue weighted by molar-refractivity contribution is 7.11. The number of aryl methyl sites for hydroxylation is 1. The molecule has 1 unspecified atom stereocenters. The normalized spacial score (nSPS) is 13.1. The molecule has 126 valence electrons. The van der Waals surface area contributed by atoms with Crippen molar-refractivity contribution in [2.75, 3.05) is 19.6 Å². The molecule has 2 aromatic heterocycles.